The molecule has 0 radical (unpaired) electrons. The highest BCUT2D eigenvalue weighted by molar-refractivity contribution is 5.88. The van der Waals surface area contributed by atoms with Gasteiger partial charge in [0.15, 0.2) is 0 Å². The maximum atomic E-state index is 13.4. The summed E-state index contributed by atoms with van der Waals surface area (Å²) in [7, 11) is 1.96. The van der Waals surface area contributed by atoms with E-state index in [4.69, 9.17) is 0 Å². The maximum absolute atomic E-state index is 13.4. The van der Waals surface area contributed by atoms with Crippen LogP contribution in [0.1, 0.15) is 44.2 Å². The fourth-order valence-electron chi connectivity index (χ4n) is 4.40. The summed E-state index contributed by atoms with van der Waals surface area (Å²) in [5, 5.41) is 3.24. The van der Waals surface area contributed by atoms with Crippen molar-refractivity contribution < 1.29 is 9.59 Å². The molecule has 2 atom stereocenters. The Kier molecular flexibility index (Phi) is 6.53. The minimum absolute atomic E-state index is 0.0987. The van der Waals surface area contributed by atoms with E-state index in [1.165, 1.54) is 11.1 Å². The highest BCUT2D eigenvalue weighted by atomic mass is 16.2. The molecule has 1 N–H and O–H groups in total. The SMILES string of the molecule is CNCC1CCCN(C(=O)C2Cc3ccccc3CN2C(=O)CC(C)C)C1. The van der Waals surface area contributed by atoms with Crippen LogP contribution in [0.4, 0.5) is 0 Å². The Morgan fingerprint density at radius 2 is 1.96 bits per heavy atom. The maximum Gasteiger partial charge on any atom is 0.245 e. The van der Waals surface area contributed by atoms with E-state index in [1.54, 1.807) is 0 Å². The van der Waals surface area contributed by atoms with Gasteiger partial charge in [-0.05, 0) is 49.4 Å². The molecule has 2 amide bonds. The second kappa shape index (κ2) is 8.87. The average Bonchev–Trinajstić information content (AvgIpc) is 2.66. The van der Waals surface area contributed by atoms with Crippen LogP contribution in [0.2, 0.25) is 0 Å². The zero-order chi connectivity index (χ0) is 19.4. The number of hydrogen-bond donors (Lipinski definition) is 1. The number of likely N-dealkylation sites (tertiary alicyclic amines) is 1. The minimum atomic E-state index is -0.362. The van der Waals surface area contributed by atoms with Crippen molar-refractivity contribution in [2.45, 2.75) is 52.1 Å². The summed E-state index contributed by atoms with van der Waals surface area (Å²) < 4.78 is 0. The van der Waals surface area contributed by atoms with Crippen molar-refractivity contribution in [3.8, 4) is 0 Å². The van der Waals surface area contributed by atoms with Gasteiger partial charge in [0.25, 0.3) is 0 Å². The second-order valence-electron chi connectivity index (χ2n) is 8.46. The van der Waals surface area contributed by atoms with Gasteiger partial charge in [-0.15, -0.1) is 0 Å². The summed E-state index contributed by atoms with van der Waals surface area (Å²) in [5.41, 5.74) is 2.37. The van der Waals surface area contributed by atoms with E-state index in [2.05, 4.69) is 31.3 Å². The fourth-order valence-corrected chi connectivity index (χ4v) is 4.40. The van der Waals surface area contributed by atoms with Crippen LogP contribution in [0.3, 0.4) is 0 Å². The van der Waals surface area contributed by atoms with Gasteiger partial charge in [0.2, 0.25) is 11.8 Å². The topological polar surface area (TPSA) is 52.7 Å². The third-order valence-electron chi connectivity index (χ3n) is 5.76. The van der Waals surface area contributed by atoms with Crippen molar-refractivity contribution in [3.05, 3.63) is 35.4 Å². The lowest BCUT2D eigenvalue weighted by atomic mass is 9.91. The summed E-state index contributed by atoms with van der Waals surface area (Å²) in [4.78, 5) is 30.2. The quantitative estimate of drug-likeness (QED) is 0.865. The summed E-state index contributed by atoms with van der Waals surface area (Å²) >= 11 is 0. The van der Waals surface area contributed by atoms with Crippen molar-refractivity contribution in [2.75, 3.05) is 26.7 Å². The molecular weight excluding hydrogens is 338 g/mol. The van der Waals surface area contributed by atoms with Crippen molar-refractivity contribution in [1.82, 2.24) is 15.1 Å². The summed E-state index contributed by atoms with van der Waals surface area (Å²) in [6.45, 7) is 7.20. The van der Waals surface area contributed by atoms with E-state index in [0.29, 0.717) is 31.2 Å². The molecule has 2 unspecified atom stereocenters. The van der Waals surface area contributed by atoms with Gasteiger partial charge >= 0.3 is 0 Å². The lowest BCUT2D eigenvalue weighted by molar-refractivity contribution is -0.148. The molecule has 5 nitrogen and oxygen atoms in total. The predicted octanol–water partition coefficient (Wildman–Crippen LogP) is 2.44. The van der Waals surface area contributed by atoms with Gasteiger partial charge in [-0.3, -0.25) is 9.59 Å². The van der Waals surface area contributed by atoms with E-state index in [0.717, 1.165) is 32.5 Å². The highest BCUT2D eigenvalue weighted by Crippen LogP contribution is 2.27. The smallest absolute Gasteiger partial charge is 0.245 e. The molecule has 1 saturated heterocycles. The van der Waals surface area contributed by atoms with Gasteiger partial charge in [-0.2, -0.15) is 0 Å². The van der Waals surface area contributed by atoms with Crippen LogP contribution in [0.25, 0.3) is 0 Å². The number of nitrogens with zero attached hydrogens (tertiary/aromatic N) is 2. The molecule has 1 aromatic carbocycles. The summed E-state index contributed by atoms with van der Waals surface area (Å²) in [5.74, 6) is 1.02. The van der Waals surface area contributed by atoms with E-state index in [1.807, 2.05) is 29.0 Å². The fraction of sp³-hybridized carbons (Fsp3) is 0.636. The Balaban J connectivity index is 1.81. The van der Waals surface area contributed by atoms with Gasteiger partial charge in [0.1, 0.15) is 6.04 Å². The number of nitrogens with one attached hydrogen (secondary N) is 1. The first-order valence-corrected chi connectivity index (χ1v) is 10.3. The van der Waals surface area contributed by atoms with Crippen LogP contribution >= 0.6 is 0 Å². The van der Waals surface area contributed by atoms with Crippen LogP contribution in [0, 0.1) is 11.8 Å². The summed E-state index contributed by atoms with van der Waals surface area (Å²) in [6.07, 6.45) is 3.33. The number of piperidine rings is 1. The van der Waals surface area contributed by atoms with Gasteiger partial charge in [0.05, 0.1) is 0 Å². The molecule has 2 aliphatic rings. The van der Waals surface area contributed by atoms with E-state index in [-0.39, 0.29) is 17.9 Å². The predicted molar refractivity (Wildman–Crippen MR) is 107 cm³/mol. The molecule has 5 heteroatoms. The van der Waals surface area contributed by atoms with Crippen molar-refractivity contribution in [1.29, 1.82) is 0 Å². The zero-order valence-electron chi connectivity index (χ0n) is 16.9. The lowest BCUT2D eigenvalue weighted by Gasteiger charge is -2.41. The van der Waals surface area contributed by atoms with E-state index in [9.17, 15) is 9.59 Å². The largest absolute Gasteiger partial charge is 0.341 e. The number of carbonyl (C=O) groups excluding carboxylic acids is 2. The van der Waals surface area contributed by atoms with Crippen LogP contribution in [-0.4, -0.2) is 54.3 Å². The molecule has 0 aromatic heterocycles. The molecule has 148 valence electrons. The number of benzene rings is 1. The van der Waals surface area contributed by atoms with Gasteiger partial charge < -0.3 is 15.1 Å². The first-order valence-electron chi connectivity index (χ1n) is 10.3. The Hall–Kier alpha value is -1.88. The molecule has 0 saturated carbocycles. The molecule has 0 bridgehead atoms. The standard InChI is InChI=1S/C22H33N3O2/c1-16(2)11-21(26)25-15-19-9-5-4-8-18(19)12-20(25)22(27)24-10-6-7-17(14-24)13-23-3/h4-5,8-9,16-17,20,23H,6-7,10-15H2,1-3H3. The van der Waals surface area contributed by atoms with Crippen LogP contribution in [0.15, 0.2) is 24.3 Å². The van der Waals surface area contributed by atoms with Crippen LogP contribution in [-0.2, 0) is 22.6 Å². The van der Waals surface area contributed by atoms with Crippen molar-refractivity contribution in [3.63, 3.8) is 0 Å². The molecule has 27 heavy (non-hydrogen) atoms. The summed E-state index contributed by atoms with van der Waals surface area (Å²) in [6, 6.07) is 7.85. The highest BCUT2D eigenvalue weighted by Gasteiger charge is 2.37. The molecule has 1 aromatic rings. The van der Waals surface area contributed by atoms with E-state index >= 15 is 0 Å². The lowest BCUT2D eigenvalue weighted by Crippen LogP contribution is -2.55. The molecule has 1 fully saturated rings. The van der Waals surface area contributed by atoms with E-state index < -0.39 is 0 Å². The molecular formula is C22H33N3O2. The average molecular weight is 372 g/mol. The second-order valence-corrected chi connectivity index (χ2v) is 8.46. The van der Waals surface area contributed by atoms with Crippen molar-refractivity contribution >= 4 is 11.8 Å². The van der Waals surface area contributed by atoms with Crippen LogP contribution in [0.5, 0.6) is 0 Å². The molecule has 0 spiro atoms. The Labute approximate surface area is 163 Å². The first-order chi connectivity index (χ1) is 13.0. The number of carbonyl (C=O) groups is 2. The van der Waals surface area contributed by atoms with Gasteiger partial charge in [-0.1, -0.05) is 38.1 Å². The number of amides is 2. The van der Waals surface area contributed by atoms with Gasteiger partial charge in [0, 0.05) is 32.5 Å². The monoisotopic (exact) mass is 371 g/mol. The Bertz CT molecular complexity index is 671. The first kappa shape index (κ1) is 19.9. The third kappa shape index (κ3) is 4.70. The van der Waals surface area contributed by atoms with Crippen LogP contribution < -0.4 is 5.32 Å². The van der Waals surface area contributed by atoms with Crippen molar-refractivity contribution in [2.24, 2.45) is 11.8 Å². The minimum Gasteiger partial charge on any atom is -0.341 e. The number of hydrogen-bond acceptors (Lipinski definition) is 3. The number of fused-ring (bicyclic) bond motifs is 1. The molecule has 3 rings (SSSR count). The Morgan fingerprint density at radius 1 is 1.22 bits per heavy atom. The number of rotatable bonds is 5. The Morgan fingerprint density at radius 3 is 2.67 bits per heavy atom. The van der Waals surface area contributed by atoms with Gasteiger partial charge in [-0.25, -0.2) is 0 Å². The molecule has 0 aliphatic carbocycles. The molecule has 2 aliphatic heterocycles. The zero-order valence-corrected chi connectivity index (χ0v) is 16.9. The normalized spacial score (nSPS) is 22.7. The molecule has 2 heterocycles. The third-order valence-corrected chi connectivity index (χ3v) is 5.76.